The van der Waals surface area contributed by atoms with Gasteiger partial charge in [-0.05, 0) is 33.8 Å². The van der Waals surface area contributed by atoms with Gasteiger partial charge in [0.2, 0.25) is 0 Å². The van der Waals surface area contributed by atoms with Crippen LogP contribution in [-0.4, -0.2) is 55.9 Å². The molecule has 1 aromatic rings. The van der Waals surface area contributed by atoms with E-state index in [4.69, 9.17) is 4.74 Å². The highest BCUT2D eigenvalue weighted by atomic mass is 127. The van der Waals surface area contributed by atoms with E-state index in [2.05, 4.69) is 48.2 Å². The van der Waals surface area contributed by atoms with Crippen molar-refractivity contribution < 1.29 is 17.9 Å². The van der Waals surface area contributed by atoms with Crippen molar-refractivity contribution in [3.8, 4) is 5.75 Å². The number of para-hydroxylation sites is 1. The van der Waals surface area contributed by atoms with Gasteiger partial charge < -0.3 is 15.4 Å². The Morgan fingerprint density at radius 3 is 2.25 bits per heavy atom. The SMILES string of the molecule is CN=C(NCCN(C(C)C)C(C)C)NCc1ccccc1OCC(F)(F)F.I. The van der Waals surface area contributed by atoms with Crippen LogP contribution >= 0.6 is 24.0 Å². The number of nitrogens with one attached hydrogen (secondary N) is 2. The summed E-state index contributed by atoms with van der Waals surface area (Å²) < 4.78 is 42.1. The Bertz CT molecular complexity index is 587. The van der Waals surface area contributed by atoms with Gasteiger partial charge in [-0.15, -0.1) is 24.0 Å². The van der Waals surface area contributed by atoms with Crippen molar-refractivity contribution in [1.82, 2.24) is 15.5 Å². The average Bonchev–Trinajstić information content (AvgIpc) is 2.58. The summed E-state index contributed by atoms with van der Waals surface area (Å²) in [5, 5.41) is 6.35. The van der Waals surface area contributed by atoms with Crippen LogP contribution in [0.5, 0.6) is 5.75 Å². The lowest BCUT2D eigenvalue weighted by Crippen LogP contribution is -2.45. The first-order chi connectivity index (χ1) is 12.6. The third-order valence-corrected chi connectivity index (χ3v) is 4.02. The van der Waals surface area contributed by atoms with E-state index in [1.54, 1.807) is 25.2 Å². The van der Waals surface area contributed by atoms with Gasteiger partial charge in [-0.1, -0.05) is 18.2 Å². The normalized spacial score (nSPS) is 12.3. The average molecular weight is 516 g/mol. The van der Waals surface area contributed by atoms with Crippen molar-refractivity contribution in [3.63, 3.8) is 0 Å². The molecule has 0 aliphatic heterocycles. The van der Waals surface area contributed by atoms with Crippen LogP contribution in [0.15, 0.2) is 29.3 Å². The van der Waals surface area contributed by atoms with Gasteiger partial charge in [-0.3, -0.25) is 9.89 Å². The molecule has 5 nitrogen and oxygen atoms in total. The summed E-state index contributed by atoms with van der Waals surface area (Å²) >= 11 is 0. The Morgan fingerprint density at radius 1 is 1.11 bits per heavy atom. The van der Waals surface area contributed by atoms with Gasteiger partial charge in [-0.25, -0.2) is 0 Å². The van der Waals surface area contributed by atoms with Crippen LogP contribution in [0.2, 0.25) is 0 Å². The number of rotatable bonds is 9. The number of hydrogen-bond donors (Lipinski definition) is 2. The quantitative estimate of drug-likeness (QED) is 0.296. The molecular formula is C19H32F3IN4O. The second-order valence-electron chi connectivity index (χ2n) is 6.79. The fraction of sp³-hybridized carbons (Fsp3) is 0.632. The molecule has 0 spiro atoms. The molecule has 0 bridgehead atoms. The maximum absolute atomic E-state index is 12.4. The van der Waals surface area contributed by atoms with Crippen molar-refractivity contribution >= 4 is 29.9 Å². The van der Waals surface area contributed by atoms with Crippen molar-refractivity contribution in [3.05, 3.63) is 29.8 Å². The molecule has 2 N–H and O–H groups in total. The van der Waals surface area contributed by atoms with Crippen LogP contribution < -0.4 is 15.4 Å². The zero-order chi connectivity index (χ0) is 20.4. The van der Waals surface area contributed by atoms with Gasteiger partial charge in [0.25, 0.3) is 0 Å². The van der Waals surface area contributed by atoms with E-state index in [9.17, 15) is 13.2 Å². The number of halogens is 4. The van der Waals surface area contributed by atoms with Crippen LogP contribution in [0.1, 0.15) is 33.3 Å². The Morgan fingerprint density at radius 2 is 1.71 bits per heavy atom. The Hall–Kier alpha value is -1.23. The summed E-state index contributed by atoms with van der Waals surface area (Å²) in [5.74, 6) is 0.802. The fourth-order valence-electron chi connectivity index (χ4n) is 2.77. The van der Waals surface area contributed by atoms with Crippen LogP contribution in [0.4, 0.5) is 13.2 Å². The molecule has 1 rings (SSSR count). The molecular weight excluding hydrogens is 484 g/mol. The molecule has 0 heterocycles. The highest BCUT2D eigenvalue weighted by Gasteiger charge is 2.28. The molecule has 0 radical (unpaired) electrons. The maximum atomic E-state index is 12.4. The van der Waals surface area contributed by atoms with E-state index in [0.717, 1.165) is 6.54 Å². The van der Waals surface area contributed by atoms with E-state index >= 15 is 0 Å². The van der Waals surface area contributed by atoms with E-state index in [1.165, 1.54) is 6.07 Å². The first kappa shape index (κ1) is 26.8. The van der Waals surface area contributed by atoms with Crippen LogP contribution in [0.3, 0.4) is 0 Å². The van der Waals surface area contributed by atoms with Gasteiger partial charge in [0.05, 0.1) is 0 Å². The highest BCUT2D eigenvalue weighted by molar-refractivity contribution is 14.0. The Balaban J connectivity index is 0.00000729. The summed E-state index contributed by atoms with van der Waals surface area (Å²) in [6.07, 6.45) is -4.36. The molecule has 0 fully saturated rings. The van der Waals surface area contributed by atoms with Gasteiger partial charge in [0.15, 0.2) is 12.6 Å². The molecule has 0 aliphatic carbocycles. The number of hydrogen-bond acceptors (Lipinski definition) is 3. The molecule has 9 heteroatoms. The molecule has 0 saturated carbocycles. The predicted octanol–water partition coefficient (Wildman–Crippen LogP) is 4.03. The minimum absolute atomic E-state index is 0. The van der Waals surface area contributed by atoms with Gasteiger partial charge in [0, 0.05) is 44.3 Å². The lowest BCUT2D eigenvalue weighted by molar-refractivity contribution is -0.153. The van der Waals surface area contributed by atoms with E-state index in [-0.39, 0.29) is 29.7 Å². The lowest BCUT2D eigenvalue weighted by atomic mass is 10.2. The predicted molar refractivity (Wildman–Crippen MR) is 119 cm³/mol. The number of alkyl halides is 3. The monoisotopic (exact) mass is 516 g/mol. The zero-order valence-corrected chi connectivity index (χ0v) is 19.5. The summed E-state index contributed by atoms with van der Waals surface area (Å²) in [7, 11) is 1.66. The summed E-state index contributed by atoms with van der Waals surface area (Å²) in [5.41, 5.74) is 0.635. The van der Waals surface area contributed by atoms with Gasteiger partial charge in [0.1, 0.15) is 5.75 Å². The Labute approximate surface area is 183 Å². The van der Waals surface area contributed by atoms with Crippen LogP contribution in [0, 0.1) is 0 Å². The fourth-order valence-corrected chi connectivity index (χ4v) is 2.77. The van der Waals surface area contributed by atoms with Crippen LogP contribution in [0.25, 0.3) is 0 Å². The molecule has 0 saturated heterocycles. The van der Waals surface area contributed by atoms with Crippen molar-refractivity contribution in [2.75, 3.05) is 26.7 Å². The van der Waals surface area contributed by atoms with Crippen molar-refractivity contribution in [2.45, 2.75) is 52.5 Å². The second kappa shape index (κ2) is 13.1. The molecule has 162 valence electrons. The number of nitrogens with zero attached hydrogens (tertiary/aromatic N) is 2. The second-order valence-corrected chi connectivity index (χ2v) is 6.79. The topological polar surface area (TPSA) is 48.9 Å². The number of benzene rings is 1. The van der Waals surface area contributed by atoms with E-state index < -0.39 is 12.8 Å². The summed E-state index contributed by atoms with van der Waals surface area (Å²) in [4.78, 5) is 6.52. The third-order valence-electron chi connectivity index (χ3n) is 4.02. The van der Waals surface area contributed by atoms with Crippen molar-refractivity contribution in [2.24, 2.45) is 4.99 Å². The van der Waals surface area contributed by atoms with Gasteiger partial charge >= 0.3 is 6.18 Å². The van der Waals surface area contributed by atoms with E-state index in [0.29, 0.717) is 36.7 Å². The third kappa shape index (κ3) is 10.4. The summed E-state index contributed by atoms with van der Waals surface area (Å²) in [6, 6.07) is 7.55. The molecule has 0 aromatic heterocycles. The summed E-state index contributed by atoms with van der Waals surface area (Å²) in [6.45, 7) is 9.21. The first-order valence-corrected chi connectivity index (χ1v) is 9.11. The first-order valence-electron chi connectivity index (χ1n) is 9.11. The smallest absolute Gasteiger partial charge is 0.422 e. The molecule has 1 aromatic carbocycles. The molecule has 0 amide bonds. The zero-order valence-electron chi connectivity index (χ0n) is 17.1. The maximum Gasteiger partial charge on any atom is 0.422 e. The number of aliphatic imine (C=N–C) groups is 1. The molecule has 0 unspecified atom stereocenters. The van der Waals surface area contributed by atoms with Crippen molar-refractivity contribution in [1.29, 1.82) is 0 Å². The van der Waals surface area contributed by atoms with E-state index in [1.807, 2.05) is 0 Å². The molecule has 0 aliphatic rings. The minimum Gasteiger partial charge on any atom is -0.484 e. The number of guanidine groups is 1. The largest absolute Gasteiger partial charge is 0.484 e. The lowest BCUT2D eigenvalue weighted by Gasteiger charge is -2.30. The number of ether oxygens (including phenoxy) is 1. The minimum atomic E-state index is -4.36. The van der Waals surface area contributed by atoms with Crippen LogP contribution in [-0.2, 0) is 6.54 Å². The van der Waals surface area contributed by atoms with Gasteiger partial charge in [-0.2, -0.15) is 13.2 Å². The molecule has 0 atom stereocenters. The molecule has 28 heavy (non-hydrogen) atoms. The highest BCUT2D eigenvalue weighted by Crippen LogP contribution is 2.22. The Kier molecular flexibility index (Phi) is 12.5. The standard InChI is InChI=1S/C19H31F3N4O.HI/c1-14(2)26(15(3)4)11-10-24-18(23-5)25-12-16-8-6-7-9-17(16)27-13-19(20,21)22;/h6-9,14-15H,10-13H2,1-5H3,(H2,23,24,25);1H.